The lowest BCUT2D eigenvalue weighted by Gasteiger charge is -2.30. The first-order valence-corrected chi connectivity index (χ1v) is 20.1. The summed E-state index contributed by atoms with van der Waals surface area (Å²) in [5, 5.41) is 17.5. The second kappa shape index (κ2) is 14.7. The van der Waals surface area contributed by atoms with Gasteiger partial charge in [0.05, 0.1) is 5.56 Å². The summed E-state index contributed by atoms with van der Waals surface area (Å²) in [6.45, 7) is 14.6. The number of rotatable bonds is 8. The standard InChI is InChI=1S/C23H27N5O2.C19H21F3N6O/c1-4-28-18-12-23(2,3)10-9-16(18)19(26-28)22-25-21(27-30-22)15-8-7-14(20(24)29)11-17(15)13-5-6-13;1-4-28-12-9-18(2,3)8-7-10(12)14(26-28)17-25-16(27-29-17)11-5-6-13(23)24-15(11)19(20,21)22/h7-8,11,13H,4-6,9-10,12H2,1-3H3,(H2,24,29);5-6H,4,7-9H2,1-3H3,(H2,23,24). The zero-order chi connectivity index (χ0) is 42.0. The van der Waals surface area contributed by atoms with Crippen LogP contribution in [0.5, 0.6) is 0 Å². The van der Waals surface area contributed by atoms with Crippen LogP contribution in [0.1, 0.15) is 117 Å². The van der Waals surface area contributed by atoms with Crippen molar-refractivity contribution in [3.8, 4) is 45.9 Å². The van der Waals surface area contributed by atoms with Gasteiger partial charge in [-0.15, -0.1) is 0 Å². The van der Waals surface area contributed by atoms with E-state index in [2.05, 4.69) is 64.7 Å². The molecule has 6 aromatic rings. The van der Waals surface area contributed by atoms with Crippen LogP contribution < -0.4 is 11.5 Å². The van der Waals surface area contributed by atoms with Crippen molar-refractivity contribution in [2.24, 2.45) is 16.6 Å². The summed E-state index contributed by atoms with van der Waals surface area (Å²) in [5.74, 6) is 0.687. The van der Waals surface area contributed by atoms with Gasteiger partial charge in [0.1, 0.15) is 5.82 Å². The van der Waals surface area contributed by atoms with Crippen molar-refractivity contribution in [2.75, 3.05) is 5.73 Å². The third-order valence-corrected chi connectivity index (χ3v) is 11.6. The fourth-order valence-corrected chi connectivity index (χ4v) is 8.25. The van der Waals surface area contributed by atoms with Gasteiger partial charge >= 0.3 is 6.18 Å². The molecule has 3 aliphatic carbocycles. The van der Waals surface area contributed by atoms with E-state index in [1.807, 2.05) is 23.7 Å². The maximum atomic E-state index is 13.4. The number of hydrogen-bond acceptors (Lipinski definition) is 11. The molecule has 5 heterocycles. The Labute approximate surface area is 339 Å². The minimum Gasteiger partial charge on any atom is -0.384 e. The topological polar surface area (TPSA) is 195 Å². The number of nitrogens with zero attached hydrogens (tertiary/aromatic N) is 9. The number of primary amides is 1. The zero-order valence-corrected chi connectivity index (χ0v) is 34.1. The highest BCUT2D eigenvalue weighted by Gasteiger charge is 2.39. The summed E-state index contributed by atoms with van der Waals surface area (Å²) < 4.78 is 55.1. The van der Waals surface area contributed by atoms with Crippen LogP contribution in [0.15, 0.2) is 39.4 Å². The molecule has 0 spiro atoms. The smallest absolute Gasteiger partial charge is 0.384 e. The lowest BCUT2D eigenvalue weighted by atomic mass is 9.76. The maximum absolute atomic E-state index is 13.4. The van der Waals surface area contributed by atoms with E-state index in [9.17, 15) is 18.0 Å². The summed E-state index contributed by atoms with van der Waals surface area (Å²) in [4.78, 5) is 24.0. The van der Waals surface area contributed by atoms with Gasteiger partial charge in [0, 0.05) is 46.7 Å². The van der Waals surface area contributed by atoms with E-state index < -0.39 is 17.8 Å². The molecule has 17 heteroatoms. The summed E-state index contributed by atoms with van der Waals surface area (Å²) in [7, 11) is 0. The Morgan fingerprint density at radius 2 is 1.31 bits per heavy atom. The largest absolute Gasteiger partial charge is 0.434 e. The van der Waals surface area contributed by atoms with Gasteiger partial charge in [-0.25, -0.2) is 4.98 Å². The van der Waals surface area contributed by atoms with E-state index in [4.69, 9.17) is 30.6 Å². The van der Waals surface area contributed by atoms with Crippen molar-refractivity contribution in [3.63, 3.8) is 0 Å². The second-order valence-electron chi connectivity index (χ2n) is 17.3. The molecule has 4 N–H and O–H groups in total. The van der Waals surface area contributed by atoms with Gasteiger partial charge in [0.2, 0.25) is 17.6 Å². The van der Waals surface area contributed by atoms with Crippen LogP contribution >= 0.6 is 0 Å². The van der Waals surface area contributed by atoms with Gasteiger partial charge in [-0.3, -0.25) is 14.2 Å². The number of alkyl halides is 3. The highest BCUT2D eigenvalue weighted by molar-refractivity contribution is 5.93. The molecule has 1 aromatic carbocycles. The average molecular weight is 812 g/mol. The van der Waals surface area contributed by atoms with E-state index in [0.717, 1.165) is 86.0 Å². The quantitative estimate of drug-likeness (QED) is 0.150. The fourth-order valence-electron chi connectivity index (χ4n) is 8.25. The Morgan fingerprint density at radius 3 is 1.78 bits per heavy atom. The Bertz CT molecular complexity index is 2560. The molecule has 0 unspecified atom stereocenters. The molecule has 1 amide bonds. The lowest BCUT2D eigenvalue weighted by molar-refractivity contribution is -0.140. The molecule has 310 valence electrons. The molecule has 1 fully saturated rings. The van der Waals surface area contributed by atoms with Crippen molar-refractivity contribution in [2.45, 2.75) is 118 Å². The van der Waals surface area contributed by atoms with Gasteiger partial charge in [0.25, 0.3) is 11.8 Å². The predicted molar refractivity (Wildman–Crippen MR) is 213 cm³/mol. The molecule has 0 atom stereocenters. The molecule has 14 nitrogen and oxygen atoms in total. The SMILES string of the molecule is CCn1nc(-c2nc(-c3ccc(C(N)=O)cc3C3CC3)no2)c2c1CC(C)(C)CC2.CCn1nc(-c2nc(-c3ccc(N)nc3C(F)(F)F)no2)c2c1CC(C)(C)CC2. The van der Waals surface area contributed by atoms with Crippen LogP contribution in [0.3, 0.4) is 0 Å². The van der Waals surface area contributed by atoms with Gasteiger partial charge in [0.15, 0.2) is 17.1 Å². The highest BCUT2D eigenvalue weighted by Crippen LogP contribution is 2.45. The Kier molecular flexibility index (Phi) is 9.98. The number of benzene rings is 1. The van der Waals surface area contributed by atoms with Crippen molar-refractivity contribution in [1.82, 2.24) is 44.8 Å². The number of carbonyl (C=O) groups excluding carboxylic acids is 1. The van der Waals surface area contributed by atoms with E-state index in [1.54, 1.807) is 6.07 Å². The van der Waals surface area contributed by atoms with E-state index in [0.29, 0.717) is 35.4 Å². The molecule has 0 aliphatic heterocycles. The number of aryl methyl sites for hydroxylation is 2. The molecule has 0 saturated heterocycles. The van der Waals surface area contributed by atoms with Crippen LogP contribution in [0.25, 0.3) is 45.9 Å². The van der Waals surface area contributed by atoms with Crippen molar-refractivity contribution in [3.05, 3.63) is 69.7 Å². The lowest BCUT2D eigenvalue weighted by Crippen LogP contribution is -2.24. The number of amides is 1. The first kappa shape index (κ1) is 39.9. The molecular weight excluding hydrogens is 764 g/mol. The number of fused-ring (bicyclic) bond motifs is 2. The van der Waals surface area contributed by atoms with Gasteiger partial charge in [-0.2, -0.15) is 33.3 Å². The number of hydrogen-bond donors (Lipinski definition) is 2. The molecule has 0 bridgehead atoms. The number of nitrogens with two attached hydrogens (primary N) is 2. The zero-order valence-electron chi connectivity index (χ0n) is 34.1. The normalized spacial score (nSPS) is 16.9. The highest BCUT2D eigenvalue weighted by atomic mass is 19.4. The molecule has 3 aliphatic rings. The number of anilines is 1. The number of aromatic nitrogens is 9. The molecular formula is C42H48F3N11O3. The monoisotopic (exact) mass is 811 g/mol. The predicted octanol–water partition coefficient (Wildman–Crippen LogP) is 8.24. The van der Waals surface area contributed by atoms with Crippen molar-refractivity contribution in [1.29, 1.82) is 0 Å². The molecule has 9 rings (SSSR count). The van der Waals surface area contributed by atoms with Gasteiger partial charge in [-0.1, -0.05) is 38.0 Å². The fraction of sp³-hybridized carbons (Fsp3) is 0.476. The minimum atomic E-state index is -4.69. The van der Waals surface area contributed by atoms with Crippen LogP contribution in [0, 0.1) is 10.8 Å². The van der Waals surface area contributed by atoms with E-state index >= 15 is 0 Å². The molecule has 0 radical (unpaired) electrons. The van der Waals surface area contributed by atoms with Crippen molar-refractivity contribution < 1.29 is 27.0 Å². The Morgan fingerprint density at radius 1 is 0.797 bits per heavy atom. The number of halogens is 3. The third kappa shape index (κ3) is 7.86. The second-order valence-corrected chi connectivity index (χ2v) is 17.3. The van der Waals surface area contributed by atoms with E-state index in [1.165, 1.54) is 23.4 Å². The number of pyridine rings is 1. The van der Waals surface area contributed by atoms with Crippen LogP contribution in [-0.2, 0) is 44.9 Å². The summed E-state index contributed by atoms with van der Waals surface area (Å²) in [6, 6.07) is 7.96. The first-order valence-electron chi connectivity index (χ1n) is 20.1. The van der Waals surface area contributed by atoms with Crippen LogP contribution in [0.2, 0.25) is 0 Å². The number of carbonyl (C=O) groups is 1. The minimum absolute atomic E-state index is 0.105. The molecule has 59 heavy (non-hydrogen) atoms. The van der Waals surface area contributed by atoms with Crippen LogP contribution in [0.4, 0.5) is 19.0 Å². The third-order valence-electron chi connectivity index (χ3n) is 11.6. The van der Waals surface area contributed by atoms with Crippen molar-refractivity contribution >= 4 is 11.7 Å². The average Bonchev–Trinajstić information content (AvgIpc) is 3.48. The summed E-state index contributed by atoms with van der Waals surface area (Å²) in [5.41, 5.74) is 18.4. The molecule has 5 aromatic heterocycles. The first-order chi connectivity index (χ1) is 27.9. The van der Waals surface area contributed by atoms with E-state index in [-0.39, 0.29) is 33.9 Å². The summed E-state index contributed by atoms with van der Waals surface area (Å²) >= 11 is 0. The maximum Gasteiger partial charge on any atom is 0.434 e. The Hall–Kier alpha value is -5.87. The number of nitrogen functional groups attached to an aromatic ring is 1. The van der Waals surface area contributed by atoms with Gasteiger partial charge < -0.3 is 20.5 Å². The van der Waals surface area contributed by atoms with Crippen LogP contribution in [-0.4, -0.2) is 50.7 Å². The summed E-state index contributed by atoms with van der Waals surface area (Å²) in [6.07, 6.45) is 3.24. The molecule has 1 saturated carbocycles. The Balaban J connectivity index is 0.000000164. The van der Waals surface area contributed by atoms with Gasteiger partial charge in [-0.05, 0) is 118 Å².